The predicted octanol–water partition coefficient (Wildman–Crippen LogP) is 1.12. The number of allylic oxidation sites excluding steroid dienone is 4. The Labute approximate surface area is 161 Å². The van der Waals surface area contributed by atoms with E-state index in [2.05, 4.69) is 0 Å². The summed E-state index contributed by atoms with van der Waals surface area (Å²) in [6.07, 6.45) is 8.70. The summed E-state index contributed by atoms with van der Waals surface area (Å²) in [6.45, 7) is -0.355. The van der Waals surface area contributed by atoms with Crippen LogP contribution in [0.1, 0.15) is 12.8 Å². The highest BCUT2D eigenvalue weighted by atomic mass is 16.6. The van der Waals surface area contributed by atoms with Gasteiger partial charge in [0.25, 0.3) is 0 Å². The largest absolute Gasteiger partial charge is 0.481 e. The molecule has 0 aliphatic heterocycles. The lowest BCUT2D eigenvalue weighted by Gasteiger charge is -2.24. The average molecular weight is 390 g/mol. The van der Waals surface area contributed by atoms with E-state index < -0.39 is 47.5 Å². The van der Waals surface area contributed by atoms with Crippen LogP contribution in [0.3, 0.4) is 0 Å². The van der Waals surface area contributed by atoms with Crippen molar-refractivity contribution in [2.75, 3.05) is 13.2 Å². The van der Waals surface area contributed by atoms with E-state index in [1.807, 2.05) is 24.3 Å². The molecule has 0 aromatic heterocycles. The van der Waals surface area contributed by atoms with Gasteiger partial charge in [-0.1, -0.05) is 24.3 Å². The normalized spacial score (nSPS) is 39.3. The van der Waals surface area contributed by atoms with Crippen LogP contribution >= 0.6 is 0 Å². The number of carboxylic acids is 2. The molecule has 8 unspecified atom stereocenters. The SMILES string of the molecule is O=C(O)C1C2C=CC(C2)C1C(=O)OCCOC(=O)C1C2C=CC(C2)C1C(=O)O. The van der Waals surface area contributed by atoms with Gasteiger partial charge in [-0.15, -0.1) is 0 Å². The first-order chi connectivity index (χ1) is 13.4. The fourth-order valence-corrected chi connectivity index (χ4v) is 5.44. The Bertz CT molecular complexity index is 704. The zero-order valence-electron chi connectivity index (χ0n) is 15.1. The van der Waals surface area contributed by atoms with Crippen molar-refractivity contribution in [1.29, 1.82) is 0 Å². The van der Waals surface area contributed by atoms with Crippen LogP contribution in [0, 0.1) is 47.3 Å². The molecule has 0 spiro atoms. The molecule has 0 saturated heterocycles. The van der Waals surface area contributed by atoms with E-state index in [1.54, 1.807) is 0 Å². The lowest BCUT2D eigenvalue weighted by Crippen LogP contribution is -2.36. The van der Waals surface area contributed by atoms with Gasteiger partial charge >= 0.3 is 23.9 Å². The van der Waals surface area contributed by atoms with Gasteiger partial charge in [0.15, 0.2) is 0 Å². The molecule has 0 heterocycles. The molecule has 0 amide bonds. The van der Waals surface area contributed by atoms with Crippen LogP contribution in [0.2, 0.25) is 0 Å². The molecule has 2 fully saturated rings. The van der Waals surface area contributed by atoms with Crippen LogP contribution in [-0.2, 0) is 28.7 Å². The van der Waals surface area contributed by atoms with Crippen LogP contribution in [-0.4, -0.2) is 47.3 Å². The third-order valence-electron chi connectivity index (χ3n) is 6.61. The second kappa shape index (κ2) is 7.07. The monoisotopic (exact) mass is 390 g/mol. The summed E-state index contributed by atoms with van der Waals surface area (Å²) in [4.78, 5) is 47.6. The summed E-state index contributed by atoms with van der Waals surface area (Å²) in [7, 11) is 0. The van der Waals surface area contributed by atoms with Crippen LogP contribution in [0.5, 0.6) is 0 Å². The van der Waals surface area contributed by atoms with Crippen molar-refractivity contribution in [3.63, 3.8) is 0 Å². The Morgan fingerprint density at radius 2 is 0.964 bits per heavy atom. The quantitative estimate of drug-likeness (QED) is 0.376. The zero-order valence-corrected chi connectivity index (χ0v) is 15.1. The molecular weight excluding hydrogens is 368 g/mol. The zero-order chi connectivity index (χ0) is 20.0. The molecule has 8 heteroatoms. The Morgan fingerprint density at radius 3 is 1.29 bits per heavy atom. The van der Waals surface area contributed by atoms with Gasteiger partial charge in [-0.05, 0) is 36.5 Å². The van der Waals surface area contributed by atoms with Crippen molar-refractivity contribution in [3.8, 4) is 0 Å². The topological polar surface area (TPSA) is 127 Å². The van der Waals surface area contributed by atoms with Crippen molar-refractivity contribution in [2.24, 2.45) is 47.3 Å². The number of fused-ring (bicyclic) bond motifs is 4. The highest BCUT2D eigenvalue weighted by molar-refractivity contribution is 5.84. The van der Waals surface area contributed by atoms with Gasteiger partial charge in [0.05, 0.1) is 23.7 Å². The van der Waals surface area contributed by atoms with Gasteiger partial charge in [0, 0.05) is 0 Å². The number of carbonyl (C=O) groups excluding carboxylic acids is 2. The first-order valence-corrected chi connectivity index (χ1v) is 9.54. The van der Waals surface area contributed by atoms with Crippen LogP contribution in [0.25, 0.3) is 0 Å². The molecule has 150 valence electrons. The molecule has 4 bridgehead atoms. The third kappa shape index (κ3) is 3.00. The molecule has 0 aromatic carbocycles. The maximum absolute atomic E-state index is 12.3. The molecular formula is C20H22O8. The summed E-state index contributed by atoms with van der Waals surface area (Å²) in [5, 5.41) is 18.8. The van der Waals surface area contributed by atoms with Crippen molar-refractivity contribution < 1.29 is 38.9 Å². The minimum Gasteiger partial charge on any atom is -0.481 e. The average Bonchev–Trinajstić information content (AvgIpc) is 3.43. The van der Waals surface area contributed by atoms with E-state index in [9.17, 15) is 29.4 Å². The molecule has 8 nitrogen and oxygen atoms in total. The minimum absolute atomic E-state index is 0.127. The maximum Gasteiger partial charge on any atom is 0.310 e. The number of ether oxygens (including phenoxy) is 2. The maximum atomic E-state index is 12.3. The molecule has 0 radical (unpaired) electrons. The van der Waals surface area contributed by atoms with Crippen molar-refractivity contribution >= 4 is 23.9 Å². The lowest BCUT2D eigenvalue weighted by atomic mass is 9.83. The van der Waals surface area contributed by atoms with E-state index in [1.165, 1.54) is 0 Å². The van der Waals surface area contributed by atoms with Crippen LogP contribution in [0.4, 0.5) is 0 Å². The summed E-state index contributed by atoms with van der Waals surface area (Å²) in [5.74, 6) is -6.71. The molecule has 28 heavy (non-hydrogen) atoms. The minimum atomic E-state index is -1.01. The van der Waals surface area contributed by atoms with Gasteiger partial charge in [-0.3, -0.25) is 19.2 Å². The van der Waals surface area contributed by atoms with Crippen molar-refractivity contribution in [3.05, 3.63) is 24.3 Å². The van der Waals surface area contributed by atoms with Crippen LogP contribution < -0.4 is 0 Å². The first-order valence-electron chi connectivity index (χ1n) is 9.54. The number of rotatable bonds is 7. The first kappa shape index (κ1) is 18.7. The molecule has 4 aliphatic rings. The fourth-order valence-electron chi connectivity index (χ4n) is 5.44. The van der Waals surface area contributed by atoms with E-state index >= 15 is 0 Å². The number of carbonyl (C=O) groups is 4. The second-order valence-electron chi connectivity index (χ2n) is 8.01. The molecule has 0 aromatic rings. The predicted molar refractivity (Wildman–Crippen MR) is 92.6 cm³/mol. The van der Waals surface area contributed by atoms with Gasteiger partial charge in [-0.25, -0.2) is 0 Å². The molecule has 4 aliphatic carbocycles. The summed E-state index contributed by atoms with van der Waals surface area (Å²) < 4.78 is 10.3. The number of carboxylic acid groups (broad SMARTS) is 2. The number of aliphatic carboxylic acids is 2. The van der Waals surface area contributed by atoms with Gasteiger partial charge in [-0.2, -0.15) is 0 Å². The summed E-state index contributed by atoms with van der Waals surface area (Å²) in [5.41, 5.74) is 0. The molecule has 4 rings (SSSR count). The van der Waals surface area contributed by atoms with E-state index in [0.29, 0.717) is 12.8 Å². The highest BCUT2D eigenvalue weighted by Crippen LogP contribution is 2.49. The number of esters is 2. The second-order valence-corrected chi connectivity index (χ2v) is 8.01. The van der Waals surface area contributed by atoms with Crippen molar-refractivity contribution in [2.45, 2.75) is 12.8 Å². The third-order valence-corrected chi connectivity index (χ3v) is 6.61. The molecule has 2 saturated carbocycles. The molecule has 8 atom stereocenters. The van der Waals surface area contributed by atoms with E-state index in [4.69, 9.17) is 9.47 Å². The smallest absolute Gasteiger partial charge is 0.310 e. The molecule has 2 N–H and O–H groups in total. The lowest BCUT2D eigenvalue weighted by molar-refractivity contribution is -0.164. The van der Waals surface area contributed by atoms with Crippen LogP contribution in [0.15, 0.2) is 24.3 Å². The standard InChI is InChI=1S/C20H22O8/c21-17(22)13-9-1-3-11(7-9)15(13)19(25)27-5-6-28-20(26)16-12-4-2-10(8-12)14(16)18(23)24/h1-4,9-16H,5-8H2,(H,21,22)(H,23,24). The van der Waals surface area contributed by atoms with Gasteiger partial charge < -0.3 is 19.7 Å². The highest BCUT2D eigenvalue weighted by Gasteiger charge is 2.53. The summed E-state index contributed by atoms with van der Waals surface area (Å²) >= 11 is 0. The van der Waals surface area contributed by atoms with E-state index in [-0.39, 0.29) is 36.9 Å². The Kier molecular flexibility index (Phi) is 4.72. The Morgan fingerprint density at radius 1 is 0.643 bits per heavy atom. The fraction of sp³-hybridized carbons (Fsp3) is 0.600. The Balaban J connectivity index is 1.27. The number of hydrogen-bond acceptors (Lipinski definition) is 6. The van der Waals surface area contributed by atoms with Crippen molar-refractivity contribution in [1.82, 2.24) is 0 Å². The van der Waals surface area contributed by atoms with E-state index in [0.717, 1.165) is 0 Å². The Hall–Kier alpha value is -2.64. The summed E-state index contributed by atoms with van der Waals surface area (Å²) in [6, 6.07) is 0. The van der Waals surface area contributed by atoms with Gasteiger partial charge in [0.2, 0.25) is 0 Å². The number of hydrogen-bond donors (Lipinski definition) is 2. The van der Waals surface area contributed by atoms with Gasteiger partial charge in [0.1, 0.15) is 13.2 Å².